The zero-order chi connectivity index (χ0) is 14.1. The van der Waals surface area contributed by atoms with Crippen molar-refractivity contribution >= 4 is 17.6 Å². The highest BCUT2D eigenvalue weighted by Gasteiger charge is 2.25. The third kappa shape index (κ3) is 2.20. The molecule has 8 heteroatoms. The Balaban J connectivity index is 1.82. The average molecular weight is 274 g/mol. The molecule has 0 aliphatic carbocycles. The van der Waals surface area contributed by atoms with Crippen molar-refractivity contribution in [2.75, 3.05) is 6.54 Å². The molecule has 2 aromatic rings. The van der Waals surface area contributed by atoms with Crippen LogP contribution in [0.25, 0.3) is 5.78 Å². The zero-order valence-electron chi connectivity index (χ0n) is 11.0. The maximum absolute atomic E-state index is 12.1. The van der Waals surface area contributed by atoms with E-state index >= 15 is 0 Å². The number of fused-ring (bicyclic) bond motifs is 1. The highest BCUT2D eigenvalue weighted by Crippen LogP contribution is 2.05. The summed E-state index contributed by atoms with van der Waals surface area (Å²) in [6, 6.07) is 1.26. The van der Waals surface area contributed by atoms with E-state index in [1.165, 1.54) is 4.52 Å². The van der Waals surface area contributed by atoms with Gasteiger partial charge in [0.05, 0.1) is 0 Å². The minimum absolute atomic E-state index is 0.0187. The van der Waals surface area contributed by atoms with Crippen LogP contribution in [-0.4, -0.2) is 44.0 Å². The van der Waals surface area contributed by atoms with Gasteiger partial charge >= 0.3 is 0 Å². The SMILES string of the molecule is Cc1ccnc2nc(C(=O)NC3CCCNC3=O)nn12. The normalized spacial score (nSPS) is 18.9. The van der Waals surface area contributed by atoms with E-state index in [1.807, 2.05) is 6.92 Å². The molecule has 2 N–H and O–H groups in total. The Labute approximate surface area is 114 Å². The van der Waals surface area contributed by atoms with Crippen molar-refractivity contribution in [3.8, 4) is 0 Å². The van der Waals surface area contributed by atoms with Crippen molar-refractivity contribution in [1.29, 1.82) is 0 Å². The van der Waals surface area contributed by atoms with Crippen LogP contribution in [0.3, 0.4) is 0 Å². The molecule has 20 heavy (non-hydrogen) atoms. The Hall–Kier alpha value is -2.51. The molecule has 1 saturated heterocycles. The quantitative estimate of drug-likeness (QED) is 0.764. The number of aromatic nitrogens is 4. The molecule has 1 aliphatic heterocycles. The molecule has 8 nitrogen and oxygen atoms in total. The fourth-order valence-corrected chi connectivity index (χ4v) is 2.14. The topological polar surface area (TPSA) is 101 Å². The second-order valence-corrected chi connectivity index (χ2v) is 4.69. The number of nitrogens with zero attached hydrogens (tertiary/aromatic N) is 4. The molecule has 3 heterocycles. The van der Waals surface area contributed by atoms with Gasteiger partial charge in [-0.25, -0.2) is 9.50 Å². The first-order valence-electron chi connectivity index (χ1n) is 6.42. The van der Waals surface area contributed by atoms with Crippen LogP contribution in [0.2, 0.25) is 0 Å². The predicted octanol–water partition coefficient (Wildman–Crippen LogP) is -0.559. The van der Waals surface area contributed by atoms with Crippen LogP contribution >= 0.6 is 0 Å². The first kappa shape index (κ1) is 12.5. The lowest BCUT2D eigenvalue weighted by atomic mass is 10.1. The summed E-state index contributed by atoms with van der Waals surface area (Å²) in [5.41, 5.74) is 0.831. The highest BCUT2D eigenvalue weighted by atomic mass is 16.2. The lowest BCUT2D eigenvalue weighted by molar-refractivity contribution is -0.124. The molecule has 1 atom stereocenters. The van der Waals surface area contributed by atoms with Crippen LogP contribution in [-0.2, 0) is 4.79 Å². The summed E-state index contributed by atoms with van der Waals surface area (Å²) in [7, 11) is 0. The number of carbonyl (C=O) groups is 2. The molecule has 3 rings (SSSR count). The van der Waals surface area contributed by atoms with E-state index < -0.39 is 11.9 Å². The summed E-state index contributed by atoms with van der Waals surface area (Å²) >= 11 is 0. The van der Waals surface area contributed by atoms with Crippen LogP contribution in [0.1, 0.15) is 29.2 Å². The van der Waals surface area contributed by atoms with E-state index in [0.717, 1.165) is 12.1 Å². The Kier molecular flexibility index (Phi) is 3.05. The molecule has 0 radical (unpaired) electrons. The molecule has 1 fully saturated rings. The van der Waals surface area contributed by atoms with Gasteiger partial charge in [0.2, 0.25) is 11.7 Å². The molecule has 1 aliphatic rings. The number of piperidine rings is 1. The first-order chi connectivity index (χ1) is 9.65. The molecular formula is C12H14N6O2. The maximum Gasteiger partial charge on any atom is 0.291 e. The van der Waals surface area contributed by atoms with E-state index in [2.05, 4.69) is 25.7 Å². The van der Waals surface area contributed by atoms with E-state index in [9.17, 15) is 9.59 Å². The van der Waals surface area contributed by atoms with Gasteiger partial charge in [0.15, 0.2) is 0 Å². The fourth-order valence-electron chi connectivity index (χ4n) is 2.14. The van der Waals surface area contributed by atoms with Crippen LogP contribution < -0.4 is 10.6 Å². The van der Waals surface area contributed by atoms with Crippen LogP contribution in [0.5, 0.6) is 0 Å². The molecule has 0 aromatic carbocycles. The Morgan fingerprint density at radius 1 is 1.55 bits per heavy atom. The van der Waals surface area contributed by atoms with Crippen LogP contribution in [0, 0.1) is 6.92 Å². The summed E-state index contributed by atoms with van der Waals surface area (Å²) in [5.74, 6) is -0.243. The molecule has 0 spiro atoms. The van der Waals surface area contributed by atoms with Gasteiger partial charge in [-0.2, -0.15) is 4.98 Å². The second-order valence-electron chi connectivity index (χ2n) is 4.69. The van der Waals surface area contributed by atoms with Crippen LogP contribution in [0.4, 0.5) is 0 Å². The van der Waals surface area contributed by atoms with Gasteiger partial charge < -0.3 is 10.6 Å². The smallest absolute Gasteiger partial charge is 0.291 e. The molecule has 2 amide bonds. The Morgan fingerprint density at radius 3 is 3.15 bits per heavy atom. The number of hydrogen-bond acceptors (Lipinski definition) is 5. The minimum Gasteiger partial charge on any atom is -0.354 e. The zero-order valence-corrected chi connectivity index (χ0v) is 11.0. The van der Waals surface area contributed by atoms with Crippen molar-refractivity contribution in [3.05, 3.63) is 23.8 Å². The monoisotopic (exact) mass is 274 g/mol. The van der Waals surface area contributed by atoms with Crippen LogP contribution in [0.15, 0.2) is 12.3 Å². The van der Waals surface area contributed by atoms with E-state index in [1.54, 1.807) is 12.3 Å². The average Bonchev–Trinajstić information content (AvgIpc) is 2.87. The van der Waals surface area contributed by atoms with Gasteiger partial charge in [-0.05, 0) is 25.8 Å². The number of nitrogens with one attached hydrogen (secondary N) is 2. The Morgan fingerprint density at radius 2 is 2.40 bits per heavy atom. The molecule has 0 saturated carbocycles. The van der Waals surface area contributed by atoms with Gasteiger partial charge in [0, 0.05) is 18.4 Å². The standard InChI is InChI=1S/C12H14N6O2/c1-7-4-6-14-12-16-9(17-18(7)12)11(20)15-8-3-2-5-13-10(8)19/h4,6,8H,2-3,5H2,1H3,(H,13,19)(H,15,20). The minimum atomic E-state index is -0.517. The van der Waals surface area contributed by atoms with Crippen molar-refractivity contribution in [1.82, 2.24) is 30.2 Å². The van der Waals surface area contributed by atoms with Crippen molar-refractivity contribution in [3.63, 3.8) is 0 Å². The fraction of sp³-hybridized carbons (Fsp3) is 0.417. The van der Waals surface area contributed by atoms with Gasteiger partial charge in [0.1, 0.15) is 6.04 Å². The third-order valence-electron chi connectivity index (χ3n) is 3.22. The van der Waals surface area contributed by atoms with Gasteiger partial charge in [0.25, 0.3) is 11.7 Å². The first-order valence-corrected chi connectivity index (χ1v) is 6.42. The summed E-state index contributed by atoms with van der Waals surface area (Å²) in [6.07, 6.45) is 3.08. The predicted molar refractivity (Wildman–Crippen MR) is 69.0 cm³/mol. The van der Waals surface area contributed by atoms with Crippen molar-refractivity contribution < 1.29 is 9.59 Å². The maximum atomic E-state index is 12.1. The Bertz CT molecular complexity index is 680. The van der Waals surface area contributed by atoms with Crippen molar-refractivity contribution in [2.24, 2.45) is 0 Å². The lowest BCUT2D eigenvalue weighted by Gasteiger charge is -2.21. The number of carbonyl (C=O) groups excluding carboxylic acids is 2. The largest absolute Gasteiger partial charge is 0.354 e. The summed E-state index contributed by atoms with van der Waals surface area (Å²) in [5, 5.41) is 9.46. The van der Waals surface area contributed by atoms with E-state index in [-0.39, 0.29) is 11.7 Å². The van der Waals surface area contributed by atoms with Gasteiger partial charge in [-0.15, -0.1) is 5.10 Å². The number of hydrogen-bond donors (Lipinski definition) is 2. The third-order valence-corrected chi connectivity index (χ3v) is 3.22. The highest BCUT2D eigenvalue weighted by molar-refractivity contribution is 5.95. The number of aryl methyl sites for hydroxylation is 1. The summed E-state index contributed by atoms with van der Waals surface area (Å²) in [6.45, 7) is 2.50. The summed E-state index contributed by atoms with van der Waals surface area (Å²) in [4.78, 5) is 31.8. The molecule has 104 valence electrons. The number of amides is 2. The van der Waals surface area contributed by atoms with E-state index in [4.69, 9.17) is 0 Å². The van der Waals surface area contributed by atoms with E-state index in [0.29, 0.717) is 18.7 Å². The van der Waals surface area contributed by atoms with Gasteiger partial charge in [-0.1, -0.05) is 0 Å². The molecular weight excluding hydrogens is 260 g/mol. The number of rotatable bonds is 2. The van der Waals surface area contributed by atoms with Crippen molar-refractivity contribution in [2.45, 2.75) is 25.8 Å². The second kappa shape index (κ2) is 4.87. The summed E-state index contributed by atoms with van der Waals surface area (Å²) < 4.78 is 1.50. The lowest BCUT2D eigenvalue weighted by Crippen LogP contribution is -2.50. The molecule has 2 aromatic heterocycles. The van der Waals surface area contributed by atoms with Gasteiger partial charge in [-0.3, -0.25) is 9.59 Å². The molecule has 0 bridgehead atoms. The molecule has 1 unspecified atom stereocenters.